The first-order valence-corrected chi connectivity index (χ1v) is 11.3. The van der Waals surface area contributed by atoms with Gasteiger partial charge in [0.15, 0.2) is 17.1 Å². The number of nitrogens with zero attached hydrogens (tertiary/aromatic N) is 1. The third kappa shape index (κ3) is 5.15. The molecule has 1 fully saturated rings. The first-order valence-electron chi connectivity index (χ1n) is 10.1. The number of para-hydroxylation sites is 1. The van der Waals surface area contributed by atoms with E-state index < -0.39 is 12.1 Å². The Labute approximate surface area is 197 Å². The molecule has 1 unspecified atom stereocenters. The second-order valence-electron chi connectivity index (χ2n) is 7.43. The molecule has 1 aromatic heterocycles. The van der Waals surface area contributed by atoms with E-state index in [1.54, 1.807) is 18.2 Å². The quantitative estimate of drug-likeness (QED) is 0.459. The van der Waals surface area contributed by atoms with Crippen LogP contribution in [0.4, 0.5) is 0 Å². The fourth-order valence-corrected chi connectivity index (χ4v) is 4.17. The standard InChI is InChI=1S/C23H21BrClNO6/c24-14-5-6-16(20-12-18(27)15-3-1-4-17(25)22(15)32-20)19(11-14)30-9-2-7-26-8-10-31-21(13-26)23(28)29/h1,3-6,11-12,21H,2,7-10,13H2,(H,28,29). The van der Waals surface area contributed by atoms with Gasteiger partial charge in [-0.2, -0.15) is 0 Å². The molecule has 0 bridgehead atoms. The van der Waals surface area contributed by atoms with Crippen LogP contribution >= 0.6 is 27.5 Å². The number of halogens is 2. The van der Waals surface area contributed by atoms with Gasteiger partial charge in [-0.25, -0.2) is 4.79 Å². The van der Waals surface area contributed by atoms with E-state index in [2.05, 4.69) is 20.8 Å². The maximum atomic E-state index is 12.6. The number of carboxylic acid groups (broad SMARTS) is 1. The lowest BCUT2D eigenvalue weighted by atomic mass is 10.1. The highest BCUT2D eigenvalue weighted by Gasteiger charge is 2.25. The Morgan fingerprint density at radius 2 is 2.12 bits per heavy atom. The van der Waals surface area contributed by atoms with Crippen LogP contribution in [0.25, 0.3) is 22.3 Å². The van der Waals surface area contributed by atoms with Crippen LogP contribution in [-0.4, -0.2) is 54.9 Å². The topological polar surface area (TPSA) is 89.2 Å². The number of carbonyl (C=O) groups is 1. The Bertz CT molecular complexity index is 1200. The second kappa shape index (κ2) is 10.0. The molecule has 0 spiro atoms. The SMILES string of the molecule is O=C(O)C1CN(CCCOc2cc(Br)ccc2-c2cc(=O)c3cccc(Cl)c3o2)CCO1. The number of morpholine rings is 1. The zero-order valence-corrected chi connectivity index (χ0v) is 19.4. The minimum absolute atomic E-state index is 0.182. The smallest absolute Gasteiger partial charge is 0.334 e. The minimum atomic E-state index is -0.943. The van der Waals surface area contributed by atoms with Crippen LogP contribution in [0.3, 0.4) is 0 Å². The van der Waals surface area contributed by atoms with Crippen LogP contribution in [-0.2, 0) is 9.53 Å². The minimum Gasteiger partial charge on any atom is -0.493 e. The number of carboxylic acids is 1. The number of benzene rings is 2. The van der Waals surface area contributed by atoms with Crippen molar-refractivity contribution < 1.29 is 23.8 Å². The van der Waals surface area contributed by atoms with Crippen molar-refractivity contribution in [3.8, 4) is 17.1 Å². The van der Waals surface area contributed by atoms with Gasteiger partial charge in [0.25, 0.3) is 0 Å². The molecule has 1 aliphatic heterocycles. The molecule has 9 heteroatoms. The normalized spacial score (nSPS) is 16.9. The number of rotatable bonds is 7. The first kappa shape index (κ1) is 22.8. The summed E-state index contributed by atoms with van der Waals surface area (Å²) < 4.78 is 18.1. The molecule has 1 atom stereocenters. The molecule has 0 saturated carbocycles. The van der Waals surface area contributed by atoms with Gasteiger partial charge in [-0.05, 0) is 36.8 Å². The van der Waals surface area contributed by atoms with Crippen molar-refractivity contribution in [2.75, 3.05) is 32.8 Å². The molecule has 1 saturated heterocycles. The summed E-state index contributed by atoms with van der Waals surface area (Å²) in [6.45, 7) is 2.56. The largest absolute Gasteiger partial charge is 0.493 e. The highest BCUT2D eigenvalue weighted by molar-refractivity contribution is 9.10. The third-order valence-electron chi connectivity index (χ3n) is 5.22. The van der Waals surface area contributed by atoms with E-state index in [1.165, 1.54) is 6.07 Å². The van der Waals surface area contributed by atoms with Crippen LogP contribution in [0.2, 0.25) is 5.02 Å². The molecule has 2 aromatic carbocycles. The van der Waals surface area contributed by atoms with Gasteiger partial charge in [-0.3, -0.25) is 9.69 Å². The van der Waals surface area contributed by atoms with Gasteiger partial charge in [-0.1, -0.05) is 33.6 Å². The zero-order chi connectivity index (χ0) is 22.7. The Morgan fingerprint density at radius 1 is 1.28 bits per heavy atom. The first-order chi connectivity index (χ1) is 15.4. The summed E-state index contributed by atoms with van der Waals surface area (Å²) in [5.74, 6) is -0.00314. The predicted octanol–water partition coefficient (Wildman–Crippen LogP) is 4.43. The molecule has 3 aromatic rings. The lowest BCUT2D eigenvalue weighted by Crippen LogP contribution is -2.46. The number of hydrogen-bond acceptors (Lipinski definition) is 6. The Balaban J connectivity index is 1.49. The molecule has 1 aliphatic rings. The summed E-state index contributed by atoms with van der Waals surface area (Å²) >= 11 is 9.69. The number of hydrogen-bond donors (Lipinski definition) is 1. The number of aliphatic carboxylic acids is 1. The molecule has 0 amide bonds. The molecule has 0 aliphatic carbocycles. The highest BCUT2D eigenvalue weighted by Crippen LogP contribution is 2.34. The molecule has 1 N–H and O–H groups in total. The summed E-state index contributed by atoms with van der Waals surface area (Å²) in [6.07, 6.45) is -0.0878. The van der Waals surface area contributed by atoms with Gasteiger partial charge < -0.3 is 19.0 Å². The van der Waals surface area contributed by atoms with E-state index in [4.69, 9.17) is 30.6 Å². The summed E-state index contributed by atoms with van der Waals surface area (Å²) in [5.41, 5.74) is 0.799. The fraction of sp³-hybridized carbons (Fsp3) is 0.304. The predicted molar refractivity (Wildman–Crippen MR) is 125 cm³/mol. The van der Waals surface area contributed by atoms with E-state index in [1.807, 2.05) is 18.2 Å². The number of fused-ring (bicyclic) bond motifs is 1. The summed E-state index contributed by atoms with van der Waals surface area (Å²) in [4.78, 5) is 25.8. The Hall–Kier alpha value is -2.39. The lowest BCUT2D eigenvalue weighted by Gasteiger charge is -2.30. The van der Waals surface area contributed by atoms with E-state index in [-0.39, 0.29) is 5.43 Å². The van der Waals surface area contributed by atoms with Gasteiger partial charge in [0.2, 0.25) is 0 Å². The fourth-order valence-electron chi connectivity index (χ4n) is 3.62. The van der Waals surface area contributed by atoms with Crippen LogP contribution in [0, 0.1) is 0 Å². The van der Waals surface area contributed by atoms with Gasteiger partial charge in [0, 0.05) is 30.2 Å². The maximum absolute atomic E-state index is 12.6. The zero-order valence-electron chi connectivity index (χ0n) is 17.1. The summed E-state index contributed by atoms with van der Waals surface area (Å²) in [5, 5.41) is 9.91. The molecule has 32 heavy (non-hydrogen) atoms. The molecular weight excluding hydrogens is 502 g/mol. The molecule has 7 nitrogen and oxygen atoms in total. The van der Waals surface area contributed by atoms with E-state index >= 15 is 0 Å². The van der Waals surface area contributed by atoms with Crippen molar-refractivity contribution in [2.45, 2.75) is 12.5 Å². The van der Waals surface area contributed by atoms with E-state index in [9.17, 15) is 9.59 Å². The Kier molecular flexibility index (Phi) is 7.15. The average Bonchev–Trinajstić information content (AvgIpc) is 2.77. The van der Waals surface area contributed by atoms with Gasteiger partial charge in [0.05, 0.1) is 29.2 Å². The molecule has 0 radical (unpaired) electrons. The van der Waals surface area contributed by atoms with Gasteiger partial charge in [0.1, 0.15) is 11.5 Å². The average molecular weight is 523 g/mol. The molecule has 4 rings (SSSR count). The monoisotopic (exact) mass is 521 g/mol. The van der Waals surface area contributed by atoms with Crippen molar-refractivity contribution in [1.29, 1.82) is 0 Å². The van der Waals surface area contributed by atoms with Gasteiger partial charge >= 0.3 is 5.97 Å². The number of ether oxygens (including phenoxy) is 2. The van der Waals surface area contributed by atoms with Crippen molar-refractivity contribution in [3.63, 3.8) is 0 Å². The second-order valence-corrected chi connectivity index (χ2v) is 8.76. The maximum Gasteiger partial charge on any atom is 0.334 e. The third-order valence-corrected chi connectivity index (χ3v) is 6.01. The van der Waals surface area contributed by atoms with Crippen molar-refractivity contribution in [1.82, 2.24) is 4.90 Å². The highest BCUT2D eigenvalue weighted by atomic mass is 79.9. The van der Waals surface area contributed by atoms with Crippen LogP contribution < -0.4 is 10.2 Å². The van der Waals surface area contributed by atoms with Crippen molar-refractivity contribution in [2.24, 2.45) is 0 Å². The van der Waals surface area contributed by atoms with Crippen LogP contribution in [0.15, 0.2) is 56.1 Å². The summed E-state index contributed by atoms with van der Waals surface area (Å²) in [7, 11) is 0. The summed E-state index contributed by atoms with van der Waals surface area (Å²) in [6, 6.07) is 12.0. The van der Waals surface area contributed by atoms with E-state index in [0.29, 0.717) is 72.3 Å². The van der Waals surface area contributed by atoms with Crippen LogP contribution in [0.5, 0.6) is 5.75 Å². The lowest BCUT2D eigenvalue weighted by molar-refractivity contribution is -0.156. The van der Waals surface area contributed by atoms with Crippen molar-refractivity contribution in [3.05, 3.63) is 62.2 Å². The van der Waals surface area contributed by atoms with Gasteiger partial charge in [-0.15, -0.1) is 0 Å². The molecule has 168 valence electrons. The van der Waals surface area contributed by atoms with Crippen LogP contribution in [0.1, 0.15) is 6.42 Å². The van der Waals surface area contributed by atoms with Crippen molar-refractivity contribution >= 4 is 44.5 Å². The van der Waals surface area contributed by atoms with E-state index in [0.717, 1.165) is 4.47 Å². The molecule has 2 heterocycles. The Morgan fingerprint density at radius 3 is 2.94 bits per heavy atom. The molecular formula is C23H21BrClNO6.